The van der Waals surface area contributed by atoms with Crippen molar-refractivity contribution in [2.45, 2.75) is 32.2 Å². The number of nitrogens with two attached hydrogens (primary N) is 1. The van der Waals surface area contributed by atoms with Crippen LogP contribution in [-0.4, -0.2) is 36.5 Å². The number of likely N-dealkylation sites (tertiary alicyclic amines) is 1. The maximum atomic E-state index is 13.8. The standard InChI is InChI=1S/C15H21F2N3O/c1-2-20-6-3-4-10(5-7-20)19-14-8-11(15(18)21)12(16)9-13(14)17/h8-10,19H,2-7H2,1H3,(H2,18,21). The van der Waals surface area contributed by atoms with Gasteiger partial charge < -0.3 is 16.0 Å². The van der Waals surface area contributed by atoms with Crippen LogP contribution in [0.4, 0.5) is 14.5 Å². The second-order valence-electron chi connectivity index (χ2n) is 5.38. The van der Waals surface area contributed by atoms with Crippen LogP contribution in [-0.2, 0) is 0 Å². The first-order chi connectivity index (χ1) is 10.0. The molecule has 0 aromatic heterocycles. The monoisotopic (exact) mass is 297 g/mol. The first kappa shape index (κ1) is 15.7. The molecular weight excluding hydrogens is 276 g/mol. The number of hydrogen-bond acceptors (Lipinski definition) is 3. The predicted molar refractivity (Wildman–Crippen MR) is 78.3 cm³/mol. The Bertz CT molecular complexity index is 522. The van der Waals surface area contributed by atoms with Gasteiger partial charge in [-0.05, 0) is 38.4 Å². The molecule has 1 fully saturated rings. The lowest BCUT2D eigenvalue weighted by Gasteiger charge is -2.20. The summed E-state index contributed by atoms with van der Waals surface area (Å²) in [5.41, 5.74) is 4.94. The van der Waals surface area contributed by atoms with E-state index in [4.69, 9.17) is 5.73 Å². The van der Waals surface area contributed by atoms with Gasteiger partial charge in [-0.15, -0.1) is 0 Å². The zero-order valence-corrected chi connectivity index (χ0v) is 12.2. The molecule has 21 heavy (non-hydrogen) atoms. The van der Waals surface area contributed by atoms with Gasteiger partial charge in [0.15, 0.2) is 0 Å². The first-order valence-corrected chi connectivity index (χ1v) is 7.29. The van der Waals surface area contributed by atoms with E-state index in [0.717, 1.165) is 45.0 Å². The lowest BCUT2D eigenvalue weighted by molar-refractivity contribution is 0.0996. The minimum Gasteiger partial charge on any atom is -0.380 e. The molecule has 1 saturated heterocycles. The fourth-order valence-electron chi connectivity index (χ4n) is 2.68. The maximum Gasteiger partial charge on any atom is 0.251 e. The number of nitrogens with zero attached hydrogens (tertiary/aromatic N) is 1. The van der Waals surface area contributed by atoms with Gasteiger partial charge in [0.05, 0.1) is 11.3 Å². The third-order valence-electron chi connectivity index (χ3n) is 3.95. The average Bonchev–Trinajstić information content (AvgIpc) is 2.66. The topological polar surface area (TPSA) is 58.4 Å². The van der Waals surface area contributed by atoms with E-state index in [1.54, 1.807) is 0 Å². The van der Waals surface area contributed by atoms with E-state index in [9.17, 15) is 13.6 Å². The van der Waals surface area contributed by atoms with Crippen molar-refractivity contribution in [3.05, 3.63) is 29.3 Å². The average molecular weight is 297 g/mol. The van der Waals surface area contributed by atoms with E-state index < -0.39 is 17.5 Å². The Balaban J connectivity index is 2.12. The largest absolute Gasteiger partial charge is 0.380 e. The number of carbonyl (C=O) groups excluding carboxylic acids is 1. The van der Waals surface area contributed by atoms with Crippen LogP contribution in [0, 0.1) is 11.6 Å². The summed E-state index contributed by atoms with van der Waals surface area (Å²) >= 11 is 0. The molecule has 116 valence electrons. The van der Waals surface area contributed by atoms with Crippen molar-refractivity contribution in [2.75, 3.05) is 25.0 Å². The lowest BCUT2D eigenvalue weighted by Crippen LogP contribution is -2.26. The number of amides is 1. The van der Waals surface area contributed by atoms with Crippen LogP contribution < -0.4 is 11.1 Å². The molecule has 3 N–H and O–H groups in total. The maximum absolute atomic E-state index is 13.8. The quantitative estimate of drug-likeness (QED) is 0.897. The second-order valence-corrected chi connectivity index (χ2v) is 5.38. The number of anilines is 1. The summed E-state index contributed by atoms with van der Waals surface area (Å²) in [5, 5.41) is 3.08. The highest BCUT2D eigenvalue weighted by Gasteiger charge is 2.19. The molecule has 1 aliphatic heterocycles. The van der Waals surface area contributed by atoms with E-state index in [-0.39, 0.29) is 17.3 Å². The Labute approximate surface area is 123 Å². The highest BCUT2D eigenvalue weighted by Crippen LogP contribution is 2.23. The predicted octanol–water partition coefficient (Wildman–Crippen LogP) is 2.35. The molecule has 0 saturated carbocycles. The summed E-state index contributed by atoms with van der Waals surface area (Å²) in [6.07, 6.45) is 2.83. The van der Waals surface area contributed by atoms with Crippen LogP contribution in [0.5, 0.6) is 0 Å². The van der Waals surface area contributed by atoms with Gasteiger partial charge in [0, 0.05) is 18.7 Å². The SMILES string of the molecule is CCN1CCCC(Nc2cc(C(N)=O)c(F)cc2F)CC1. The van der Waals surface area contributed by atoms with Crippen molar-refractivity contribution in [2.24, 2.45) is 5.73 Å². The molecule has 0 radical (unpaired) electrons. The molecule has 1 unspecified atom stereocenters. The number of nitrogens with one attached hydrogen (secondary N) is 1. The normalized spacial score (nSPS) is 20.0. The minimum atomic E-state index is -0.927. The number of benzene rings is 1. The zero-order chi connectivity index (χ0) is 15.4. The van der Waals surface area contributed by atoms with Gasteiger partial charge in [-0.25, -0.2) is 8.78 Å². The molecule has 4 nitrogen and oxygen atoms in total. The molecule has 1 aromatic carbocycles. The zero-order valence-electron chi connectivity index (χ0n) is 12.2. The fourth-order valence-corrected chi connectivity index (χ4v) is 2.68. The summed E-state index contributed by atoms with van der Waals surface area (Å²) in [5.74, 6) is -2.52. The number of primary amides is 1. The summed E-state index contributed by atoms with van der Waals surface area (Å²) in [7, 11) is 0. The molecule has 1 amide bonds. The van der Waals surface area contributed by atoms with Crippen molar-refractivity contribution in [3.63, 3.8) is 0 Å². The highest BCUT2D eigenvalue weighted by molar-refractivity contribution is 5.94. The van der Waals surface area contributed by atoms with Crippen molar-refractivity contribution >= 4 is 11.6 Å². The Morgan fingerprint density at radius 2 is 2.10 bits per heavy atom. The van der Waals surface area contributed by atoms with Gasteiger partial charge in [0.1, 0.15) is 11.6 Å². The molecule has 1 aliphatic rings. The van der Waals surface area contributed by atoms with Crippen LogP contribution in [0.15, 0.2) is 12.1 Å². The van der Waals surface area contributed by atoms with Gasteiger partial charge in [0.2, 0.25) is 0 Å². The number of hydrogen-bond donors (Lipinski definition) is 2. The minimum absolute atomic E-state index is 0.113. The molecule has 1 heterocycles. The first-order valence-electron chi connectivity index (χ1n) is 7.29. The smallest absolute Gasteiger partial charge is 0.251 e. The van der Waals surface area contributed by atoms with E-state index in [1.807, 2.05) is 0 Å². The Morgan fingerprint density at radius 3 is 2.76 bits per heavy atom. The lowest BCUT2D eigenvalue weighted by atomic mass is 10.1. The summed E-state index contributed by atoms with van der Waals surface area (Å²) < 4.78 is 27.3. The number of carbonyl (C=O) groups is 1. The van der Waals surface area contributed by atoms with Gasteiger partial charge >= 0.3 is 0 Å². The van der Waals surface area contributed by atoms with Crippen LogP contribution >= 0.6 is 0 Å². The molecule has 1 atom stereocenters. The molecule has 2 rings (SSSR count). The third-order valence-corrected chi connectivity index (χ3v) is 3.95. The van der Waals surface area contributed by atoms with Crippen molar-refractivity contribution in [3.8, 4) is 0 Å². The van der Waals surface area contributed by atoms with Crippen LogP contribution in [0.1, 0.15) is 36.5 Å². The fraction of sp³-hybridized carbons (Fsp3) is 0.533. The summed E-state index contributed by atoms with van der Waals surface area (Å²) in [4.78, 5) is 13.5. The highest BCUT2D eigenvalue weighted by atomic mass is 19.1. The molecule has 0 aliphatic carbocycles. The van der Waals surface area contributed by atoms with E-state index >= 15 is 0 Å². The second kappa shape index (κ2) is 6.85. The summed E-state index contributed by atoms with van der Waals surface area (Å²) in [6, 6.07) is 1.98. The van der Waals surface area contributed by atoms with E-state index in [2.05, 4.69) is 17.1 Å². The van der Waals surface area contributed by atoms with Crippen molar-refractivity contribution in [1.29, 1.82) is 0 Å². The van der Waals surface area contributed by atoms with Crippen LogP contribution in [0.2, 0.25) is 0 Å². The summed E-state index contributed by atoms with van der Waals surface area (Å²) in [6.45, 7) is 5.10. The Morgan fingerprint density at radius 1 is 1.33 bits per heavy atom. The van der Waals surface area contributed by atoms with Gasteiger partial charge in [0.25, 0.3) is 5.91 Å². The van der Waals surface area contributed by atoms with Gasteiger partial charge in [-0.3, -0.25) is 4.79 Å². The van der Waals surface area contributed by atoms with Crippen molar-refractivity contribution < 1.29 is 13.6 Å². The molecule has 0 spiro atoms. The Kier molecular flexibility index (Phi) is 5.12. The number of rotatable bonds is 4. The van der Waals surface area contributed by atoms with Crippen LogP contribution in [0.25, 0.3) is 0 Å². The molecule has 6 heteroatoms. The van der Waals surface area contributed by atoms with Crippen molar-refractivity contribution in [1.82, 2.24) is 4.90 Å². The molecule has 0 bridgehead atoms. The molecule has 1 aromatic rings. The van der Waals surface area contributed by atoms with E-state index in [1.165, 1.54) is 0 Å². The van der Waals surface area contributed by atoms with E-state index in [0.29, 0.717) is 6.07 Å². The third kappa shape index (κ3) is 3.91. The van der Waals surface area contributed by atoms with Gasteiger partial charge in [-0.2, -0.15) is 0 Å². The van der Waals surface area contributed by atoms with Gasteiger partial charge in [-0.1, -0.05) is 6.92 Å². The Hall–Kier alpha value is -1.69. The van der Waals surface area contributed by atoms with Crippen LogP contribution in [0.3, 0.4) is 0 Å². The molecular formula is C15H21F2N3O. The number of halogens is 2.